The first-order chi connectivity index (χ1) is 10.1. The van der Waals surface area contributed by atoms with Crippen LogP contribution < -0.4 is 0 Å². The predicted molar refractivity (Wildman–Crippen MR) is 79.1 cm³/mol. The monoisotopic (exact) mass is 301 g/mol. The normalized spacial score (nSPS) is 10.8. The smallest absolute Gasteiger partial charge is 0.336 e. The lowest BCUT2D eigenvalue weighted by Gasteiger charge is -2.07. The predicted octanol–water partition coefficient (Wildman–Crippen LogP) is 4.39. The highest BCUT2D eigenvalue weighted by atomic mass is 35.5. The highest BCUT2D eigenvalue weighted by Crippen LogP contribution is 2.27. The largest absolute Gasteiger partial charge is 0.478 e. The molecule has 0 bridgehead atoms. The standard InChI is InChI=1S/C16H9ClFNO2/c17-12-7-9(5-6-13(12)18)15-8-11(16(20)21)10-3-1-2-4-14(10)19-15/h1-8H,(H,20,21). The minimum absolute atomic E-state index is 0.0284. The van der Waals surface area contributed by atoms with Crippen molar-refractivity contribution in [1.82, 2.24) is 4.98 Å². The molecule has 1 heterocycles. The van der Waals surface area contributed by atoms with Crippen LogP contribution in [0.15, 0.2) is 48.5 Å². The molecule has 0 saturated carbocycles. The van der Waals surface area contributed by atoms with Crippen molar-refractivity contribution in [3.8, 4) is 11.3 Å². The van der Waals surface area contributed by atoms with Gasteiger partial charge in [0.15, 0.2) is 0 Å². The second kappa shape index (κ2) is 5.14. The number of para-hydroxylation sites is 1. The van der Waals surface area contributed by atoms with Crippen LogP contribution in [-0.2, 0) is 0 Å². The van der Waals surface area contributed by atoms with Crippen molar-refractivity contribution >= 4 is 28.5 Å². The average Bonchev–Trinajstić information content (AvgIpc) is 2.48. The Kier molecular flexibility index (Phi) is 3.31. The minimum atomic E-state index is -1.04. The van der Waals surface area contributed by atoms with Gasteiger partial charge in [-0.3, -0.25) is 0 Å². The van der Waals surface area contributed by atoms with Crippen LogP contribution in [0.5, 0.6) is 0 Å². The maximum Gasteiger partial charge on any atom is 0.336 e. The third-order valence-electron chi connectivity index (χ3n) is 3.16. The molecule has 0 spiro atoms. The average molecular weight is 302 g/mol. The fourth-order valence-electron chi connectivity index (χ4n) is 2.16. The molecule has 0 saturated heterocycles. The van der Waals surface area contributed by atoms with Crippen molar-refractivity contribution in [1.29, 1.82) is 0 Å². The molecule has 5 heteroatoms. The van der Waals surface area contributed by atoms with Crippen LogP contribution in [-0.4, -0.2) is 16.1 Å². The van der Waals surface area contributed by atoms with Crippen LogP contribution >= 0.6 is 11.6 Å². The Morgan fingerprint density at radius 3 is 2.62 bits per heavy atom. The van der Waals surface area contributed by atoms with E-state index in [9.17, 15) is 14.3 Å². The molecule has 1 aromatic heterocycles. The molecule has 0 atom stereocenters. The van der Waals surface area contributed by atoms with Crippen molar-refractivity contribution in [2.75, 3.05) is 0 Å². The number of pyridine rings is 1. The summed E-state index contributed by atoms with van der Waals surface area (Å²) in [7, 11) is 0. The van der Waals surface area contributed by atoms with Crippen LogP contribution in [0, 0.1) is 5.82 Å². The van der Waals surface area contributed by atoms with Gasteiger partial charge >= 0.3 is 5.97 Å². The molecule has 0 radical (unpaired) electrons. The van der Waals surface area contributed by atoms with Gasteiger partial charge in [-0.05, 0) is 30.3 Å². The van der Waals surface area contributed by atoms with Gasteiger partial charge < -0.3 is 5.11 Å². The fraction of sp³-hybridized carbons (Fsp3) is 0. The highest BCUT2D eigenvalue weighted by molar-refractivity contribution is 6.31. The lowest BCUT2D eigenvalue weighted by molar-refractivity contribution is 0.0699. The first kappa shape index (κ1) is 13.5. The molecule has 3 rings (SSSR count). The van der Waals surface area contributed by atoms with Gasteiger partial charge in [-0.15, -0.1) is 0 Å². The van der Waals surface area contributed by atoms with E-state index in [0.717, 1.165) is 0 Å². The van der Waals surface area contributed by atoms with E-state index < -0.39 is 11.8 Å². The molecule has 0 aliphatic heterocycles. The SMILES string of the molecule is O=C(O)c1cc(-c2ccc(F)c(Cl)c2)nc2ccccc12. The molecule has 0 fully saturated rings. The summed E-state index contributed by atoms with van der Waals surface area (Å²) in [6, 6.07) is 12.6. The van der Waals surface area contributed by atoms with Crippen LogP contribution in [0.4, 0.5) is 4.39 Å². The van der Waals surface area contributed by atoms with E-state index in [1.54, 1.807) is 24.3 Å². The van der Waals surface area contributed by atoms with Crippen LogP contribution in [0.25, 0.3) is 22.2 Å². The Labute approximate surface area is 124 Å². The number of rotatable bonds is 2. The summed E-state index contributed by atoms with van der Waals surface area (Å²) in [5.41, 5.74) is 1.71. The molecule has 0 aliphatic carbocycles. The van der Waals surface area contributed by atoms with Gasteiger partial charge in [0.05, 0.1) is 21.8 Å². The van der Waals surface area contributed by atoms with Gasteiger partial charge in [0, 0.05) is 10.9 Å². The van der Waals surface area contributed by atoms with Crippen molar-refractivity contribution in [3.05, 3.63) is 64.9 Å². The summed E-state index contributed by atoms with van der Waals surface area (Å²) >= 11 is 5.77. The van der Waals surface area contributed by atoms with Gasteiger partial charge in [0.2, 0.25) is 0 Å². The van der Waals surface area contributed by atoms with Crippen molar-refractivity contribution in [2.24, 2.45) is 0 Å². The number of aromatic nitrogens is 1. The third kappa shape index (κ3) is 2.45. The van der Waals surface area contributed by atoms with Gasteiger partial charge in [-0.1, -0.05) is 29.8 Å². The Bertz CT molecular complexity index is 864. The quantitative estimate of drug-likeness (QED) is 0.763. The molecular weight excluding hydrogens is 293 g/mol. The molecule has 0 amide bonds. The third-order valence-corrected chi connectivity index (χ3v) is 3.45. The van der Waals surface area contributed by atoms with E-state index in [1.165, 1.54) is 24.3 Å². The highest BCUT2D eigenvalue weighted by Gasteiger charge is 2.13. The number of hydrogen-bond acceptors (Lipinski definition) is 2. The molecule has 0 unspecified atom stereocenters. The van der Waals surface area contributed by atoms with Gasteiger partial charge in [0.25, 0.3) is 0 Å². The zero-order chi connectivity index (χ0) is 15.0. The van der Waals surface area contributed by atoms with E-state index in [1.807, 2.05) is 0 Å². The Morgan fingerprint density at radius 1 is 1.14 bits per heavy atom. The summed E-state index contributed by atoms with van der Waals surface area (Å²) in [6.45, 7) is 0. The zero-order valence-corrected chi connectivity index (χ0v) is 11.4. The first-order valence-electron chi connectivity index (χ1n) is 6.15. The Balaban J connectivity index is 2.28. The number of carboxylic acid groups (broad SMARTS) is 1. The number of hydrogen-bond donors (Lipinski definition) is 1. The molecule has 1 N–H and O–H groups in total. The number of aromatic carboxylic acids is 1. The lowest BCUT2D eigenvalue weighted by atomic mass is 10.0. The van der Waals surface area contributed by atoms with E-state index in [-0.39, 0.29) is 10.6 Å². The maximum absolute atomic E-state index is 13.2. The second-order valence-electron chi connectivity index (χ2n) is 4.51. The number of fused-ring (bicyclic) bond motifs is 1. The molecule has 3 aromatic rings. The topological polar surface area (TPSA) is 50.2 Å². The molecule has 3 nitrogen and oxygen atoms in total. The summed E-state index contributed by atoms with van der Waals surface area (Å²) < 4.78 is 13.2. The Morgan fingerprint density at radius 2 is 1.90 bits per heavy atom. The zero-order valence-electron chi connectivity index (χ0n) is 10.7. The van der Waals surface area contributed by atoms with E-state index >= 15 is 0 Å². The molecule has 21 heavy (non-hydrogen) atoms. The van der Waals surface area contributed by atoms with Crippen molar-refractivity contribution < 1.29 is 14.3 Å². The molecule has 104 valence electrons. The summed E-state index contributed by atoms with van der Waals surface area (Å²) in [4.78, 5) is 15.8. The van der Waals surface area contributed by atoms with E-state index in [0.29, 0.717) is 22.2 Å². The minimum Gasteiger partial charge on any atom is -0.478 e. The Hall–Kier alpha value is -2.46. The summed E-state index contributed by atoms with van der Waals surface area (Å²) in [6.07, 6.45) is 0. The summed E-state index contributed by atoms with van der Waals surface area (Å²) in [5.74, 6) is -1.57. The second-order valence-corrected chi connectivity index (χ2v) is 4.91. The molecule has 0 aliphatic rings. The summed E-state index contributed by atoms with van der Waals surface area (Å²) in [5, 5.41) is 9.87. The number of nitrogens with zero attached hydrogens (tertiary/aromatic N) is 1. The van der Waals surface area contributed by atoms with Crippen molar-refractivity contribution in [2.45, 2.75) is 0 Å². The molecular formula is C16H9ClFNO2. The maximum atomic E-state index is 13.2. The van der Waals surface area contributed by atoms with Crippen LogP contribution in [0.2, 0.25) is 5.02 Å². The molecule has 2 aromatic carbocycles. The van der Waals surface area contributed by atoms with Crippen molar-refractivity contribution in [3.63, 3.8) is 0 Å². The number of carboxylic acids is 1. The first-order valence-corrected chi connectivity index (χ1v) is 6.52. The number of halogens is 2. The van der Waals surface area contributed by atoms with E-state index in [2.05, 4.69) is 4.98 Å². The van der Waals surface area contributed by atoms with Gasteiger partial charge in [0.1, 0.15) is 5.82 Å². The van der Waals surface area contributed by atoms with E-state index in [4.69, 9.17) is 11.6 Å². The number of benzene rings is 2. The van der Waals surface area contributed by atoms with Gasteiger partial charge in [-0.25, -0.2) is 14.2 Å². The van der Waals surface area contributed by atoms with Gasteiger partial charge in [-0.2, -0.15) is 0 Å². The fourth-order valence-corrected chi connectivity index (χ4v) is 2.34. The number of carbonyl (C=O) groups is 1. The van der Waals surface area contributed by atoms with Crippen LogP contribution in [0.1, 0.15) is 10.4 Å². The lowest BCUT2D eigenvalue weighted by Crippen LogP contribution is -2.00. The van der Waals surface area contributed by atoms with Crippen LogP contribution in [0.3, 0.4) is 0 Å².